The fraction of sp³-hybridized carbons (Fsp3) is 0.500. The third-order valence-corrected chi connectivity index (χ3v) is 4.27. The van der Waals surface area contributed by atoms with Crippen LogP contribution in [0.5, 0.6) is 5.75 Å². The Labute approximate surface area is 122 Å². The number of likely N-dealkylation sites (N-methyl/N-ethyl adjacent to an activating group) is 1. The maximum Gasteiger partial charge on any atom is 0.239 e. The molecule has 19 heavy (non-hydrogen) atoms. The number of carbonyl (C=O) groups excluding carboxylic acids is 1. The molecular weight excluding hydrogens is 308 g/mol. The summed E-state index contributed by atoms with van der Waals surface area (Å²) in [5.41, 5.74) is 1.01. The second-order valence-electron chi connectivity index (χ2n) is 5.14. The van der Waals surface area contributed by atoms with Gasteiger partial charge >= 0.3 is 0 Å². The van der Waals surface area contributed by atoms with Gasteiger partial charge in [0.2, 0.25) is 5.91 Å². The maximum absolute atomic E-state index is 12.1. The molecule has 0 aliphatic carbocycles. The normalized spacial score (nSPS) is 19.6. The largest absolute Gasteiger partial charge is 0.508 e. The highest BCUT2D eigenvalue weighted by Crippen LogP contribution is 2.27. The Balaban J connectivity index is 2.13. The summed E-state index contributed by atoms with van der Waals surface area (Å²) in [6.07, 6.45) is 1.95. The lowest BCUT2D eigenvalue weighted by Crippen LogP contribution is -2.42. The highest BCUT2D eigenvalue weighted by atomic mass is 79.9. The summed E-state index contributed by atoms with van der Waals surface area (Å²) in [7, 11) is 3.59. The lowest BCUT2D eigenvalue weighted by molar-refractivity contribution is -0.133. The second-order valence-corrected chi connectivity index (χ2v) is 5.99. The molecule has 1 aliphatic heterocycles. The van der Waals surface area contributed by atoms with Gasteiger partial charge in [-0.15, -0.1) is 0 Å². The van der Waals surface area contributed by atoms with E-state index >= 15 is 0 Å². The molecule has 5 heteroatoms. The molecule has 0 bridgehead atoms. The molecule has 1 atom stereocenters. The van der Waals surface area contributed by atoms with Crippen molar-refractivity contribution < 1.29 is 9.90 Å². The molecule has 1 amide bonds. The topological polar surface area (TPSA) is 43.8 Å². The summed E-state index contributed by atoms with van der Waals surface area (Å²) in [6, 6.07) is 5.20. The first-order valence-electron chi connectivity index (χ1n) is 6.41. The summed E-state index contributed by atoms with van der Waals surface area (Å²) in [5.74, 6) is 0.418. The van der Waals surface area contributed by atoms with Crippen LogP contribution in [0.1, 0.15) is 18.4 Å². The number of nitrogens with zero attached hydrogens (tertiary/aromatic N) is 2. The minimum atomic E-state index is -0.0377. The van der Waals surface area contributed by atoms with Crippen LogP contribution < -0.4 is 0 Å². The molecular formula is C14H19BrN2O2. The molecule has 1 heterocycles. The van der Waals surface area contributed by atoms with E-state index in [1.807, 2.05) is 6.07 Å². The fourth-order valence-electron chi connectivity index (χ4n) is 2.49. The Morgan fingerprint density at radius 3 is 2.95 bits per heavy atom. The van der Waals surface area contributed by atoms with E-state index in [1.54, 1.807) is 31.1 Å². The number of hydrogen-bond donors (Lipinski definition) is 1. The van der Waals surface area contributed by atoms with Gasteiger partial charge in [0.25, 0.3) is 0 Å². The number of aromatic hydroxyl groups is 1. The van der Waals surface area contributed by atoms with Crippen molar-refractivity contribution in [1.82, 2.24) is 9.80 Å². The van der Waals surface area contributed by atoms with Crippen LogP contribution in [-0.4, -0.2) is 47.5 Å². The predicted octanol–water partition coefficient (Wildman–Crippen LogP) is 2.21. The van der Waals surface area contributed by atoms with Crippen molar-refractivity contribution in [2.75, 3.05) is 20.6 Å². The summed E-state index contributed by atoms with van der Waals surface area (Å²) < 4.78 is 0.966. The van der Waals surface area contributed by atoms with Gasteiger partial charge in [-0.2, -0.15) is 0 Å². The van der Waals surface area contributed by atoms with E-state index in [9.17, 15) is 9.90 Å². The predicted molar refractivity (Wildman–Crippen MR) is 77.9 cm³/mol. The van der Waals surface area contributed by atoms with Crippen molar-refractivity contribution in [2.24, 2.45) is 0 Å². The van der Waals surface area contributed by atoms with E-state index in [0.717, 1.165) is 29.4 Å². The number of halogens is 1. The molecule has 1 aromatic rings. The number of benzene rings is 1. The van der Waals surface area contributed by atoms with E-state index in [4.69, 9.17) is 0 Å². The monoisotopic (exact) mass is 326 g/mol. The van der Waals surface area contributed by atoms with Gasteiger partial charge in [-0.25, -0.2) is 0 Å². The molecule has 2 rings (SSSR count). The fourth-order valence-corrected chi connectivity index (χ4v) is 2.87. The van der Waals surface area contributed by atoms with Gasteiger partial charge in [0.05, 0.1) is 6.04 Å². The van der Waals surface area contributed by atoms with Gasteiger partial charge in [0.1, 0.15) is 5.75 Å². The van der Waals surface area contributed by atoms with Crippen LogP contribution in [0.4, 0.5) is 0 Å². The van der Waals surface area contributed by atoms with E-state index < -0.39 is 0 Å². The van der Waals surface area contributed by atoms with Crippen LogP contribution in [-0.2, 0) is 11.3 Å². The van der Waals surface area contributed by atoms with Crippen molar-refractivity contribution >= 4 is 21.8 Å². The van der Waals surface area contributed by atoms with Gasteiger partial charge < -0.3 is 10.0 Å². The molecule has 1 N–H and O–H groups in total. The third-order valence-electron chi connectivity index (χ3n) is 3.49. The minimum Gasteiger partial charge on any atom is -0.508 e. The zero-order valence-corrected chi connectivity index (χ0v) is 12.9. The zero-order valence-electron chi connectivity index (χ0n) is 11.3. The van der Waals surface area contributed by atoms with Crippen LogP contribution in [0.3, 0.4) is 0 Å². The van der Waals surface area contributed by atoms with Gasteiger partial charge in [-0.1, -0.05) is 15.9 Å². The Hall–Kier alpha value is -1.07. The molecule has 0 saturated carbocycles. The molecule has 0 spiro atoms. The van der Waals surface area contributed by atoms with E-state index in [0.29, 0.717) is 6.54 Å². The zero-order chi connectivity index (χ0) is 14.0. The molecule has 1 fully saturated rings. The van der Waals surface area contributed by atoms with E-state index in [-0.39, 0.29) is 17.7 Å². The van der Waals surface area contributed by atoms with Crippen LogP contribution in [0.2, 0.25) is 0 Å². The molecule has 1 aliphatic rings. The summed E-state index contributed by atoms with van der Waals surface area (Å²) >= 11 is 3.49. The van der Waals surface area contributed by atoms with Crippen molar-refractivity contribution in [3.05, 3.63) is 28.2 Å². The van der Waals surface area contributed by atoms with Gasteiger partial charge in [0.15, 0.2) is 0 Å². The number of phenols is 1. The Bertz CT molecular complexity index is 477. The lowest BCUT2D eigenvalue weighted by atomic mass is 10.1. The first-order valence-corrected chi connectivity index (χ1v) is 7.21. The highest BCUT2D eigenvalue weighted by Gasteiger charge is 2.31. The Morgan fingerprint density at radius 1 is 1.53 bits per heavy atom. The van der Waals surface area contributed by atoms with Crippen LogP contribution in [0.15, 0.2) is 22.7 Å². The number of carbonyl (C=O) groups is 1. The summed E-state index contributed by atoms with van der Waals surface area (Å²) in [4.78, 5) is 16.0. The number of likely N-dealkylation sites (tertiary alicyclic amines) is 1. The van der Waals surface area contributed by atoms with E-state index in [1.165, 1.54) is 0 Å². The number of amides is 1. The number of phenolic OH excluding ortho intramolecular Hbond substituents is 1. The van der Waals surface area contributed by atoms with Crippen LogP contribution in [0, 0.1) is 0 Å². The lowest BCUT2D eigenvalue weighted by Gasteiger charge is -2.26. The summed E-state index contributed by atoms with van der Waals surface area (Å²) in [5, 5.41) is 9.56. The molecule has 0 radical (unpaired) electrons. The average molecular weight is 327 g/mol. The highest BCUT2D eigenvalue weighted by molar-refractivity contribution is 9.10. The molecule has 1 aromatic carbocycles. The first-order chi connectivity index (χ1) is 8.99. The third kappa shape index (κ3) is 3.28. The van der Waals surface area contributed by atoms with Gasteiger partial charge in [0, 0.05) is 25.1 Å². The quantitative estimate of drug-likeness (QED) is 0.926. The smallest absolute Gasteiger partial charge is 0.239 e. The average Bonchev–Trinajstić information content (AvgIpc) is 2.81. The van der Waals surface area contributed by atoms with E-state index in [2.05, 4.69) is 20.8 Å². The maximum atomic E-state index is 12.1. The molecule has 104 valence electrons. The number of rotatable bonds is 3. The molecule has 1 saturated heterocycles. The van der Waals surface area contributed by atoms with Gasteiger partial charge in [-0.3, -0.25) is 9.69 Å². The van der Waals surface area contributed by atoms with Crippen molar-refractivity contribution in [1.29, 1.82) is 0 Å². The number of hydrogen-bond acceptors (Lipinski definition) is 3. The second kappa shape index (κ2) is 5.92. The Morgan fingerprint density at radius 2 is 2.26 bits per heavy atom. The van der Waals surface area contributed by atoms with Crippen molar-refractivity contribution in [3.8, 4) is 5.75 Å². The molecule has 4 nitrogen and oxygen atoms in total. The first kappa shape index (κ1) is 14.3. The van der Waals surface area contributed by atoms with Crippen molar-refractivity contribution in [2.45, 2.75) is 25.4 Å². The Kier molecular flexibility index (Phi) is 4.47. The standard InChI is InChI=1S/C14H19BrN2O2/c1-16(2)14(19)13-4-3-7-17(13)9-10-8-11(18)5-6-12(10)15/h5-6,8,13,18H,3-4,7,9H2,1-2H3/t13-/m1/s1. The van der Waals surface area contributed by atoms with Gasteiger partial charge in [-0.05, 0) is 43.1 Å². The van der Waals surface area contributed by atoms with Crippen molar-refractivity contribution in [3.63, 3.8) is 0 Å². The molecule has 0 unspecified atom stereocenters. The van der Waals surface area contributed by atoms with Crippen LogP contribution in [0.25, 0.3) is 0 Å². The molecule has 0 aromatic heterocycles. The summed E-state index contributed by atoms with van der Waals surface area (Å²) in [6.45, 7) is 1.60. The SMILES string of the molecule is CN(C)C(=O)[C@H]1CCCN1Cc1cc(O)ccc1Br. The minimum absolute atomic E-state index is 0.0377. The van der Waals surface area contributed by atoms with Crippen LogP contribution >= 0.6 is 15.9 Å².